The van der Waals surface area contributed by atoms with E-state index < -0.39 is 0 Å². The largest absolute Gasteiger partial charge is 0.492 e. The summed E-state index contributed by atoms with van der Waals surface area (Å²) in [6.07, 6.45) is 0. The van der Waals surface area contributed by atoms with Crippen LogP contribution in [0, 0.1) is 6.92 Å². The van der Waals surface area contributed by atoms with Crippen LogP contribution >= 0.6 is 0 Å². The van der Waals surface area contributed by atoms with Crippen LogP contribution in [0.1, 0.15) is 32.2 Å². The summed E-state index contributed by atoms with van der Waals surface area (Å²) in [4.78, 5) is 7.67. The van der Waals surface area contributed by atoms with Crippen LogP contribution in [0.15, 0.2) is 0 Å². The van der Waals surface area contributed by atoms with Gasteiger partial charge in [-0.2, -0.15) is 4.98 Å². The molecular weight excluding hydrogens is 168 g/mol. The second-order valence-corrected chi connectivity index (χ2v) is 4.05. The molecule has 0 aromatic carbocycles. The predicted molar refractivity (Wildman–Crippen MR) is 48.8 cm³/mol. The molecule has 0 aliphatic rings. The fourth-order valence-electron chi connectivity index (χ4n) is 1.00. The highest BCUT2D eigenvalue weighted by Gasteiger charge is 2.22. The summed E-state index contributed by atoms with van der Waals surface area (Å²) >= 11 is 0. The van der Waals surface area contributed by atoms with Crippen molar-refractivity contribution in [3.63, 3.8) is 0 Å². The number of aromatic hydroxyl groups is 2. The Labute approximate surface area is 77.3 Å². The lowest BCUT2D eigenvalue weighted by Crippen LogP contribution is -2.15. The first-order valence-corrected chi connectivity index (χ1v) is 4.09. The normalized spacial score (nSPS) is 11.7. The van der Waals surface area contributed by atoms with Gasteiger partial charge in [-0.1, -0.05) is 20.8 Å². The molecule has 0 spiro atoms. The Morgan fingerprint density at radius 3 is 2.00 bits per heavy atom. The molecule has 1 aromatic rings. The molecule has 0 saturated carbocycles. The minimum atomic E-state index is -0.268. The molecule has 4 nitrogen and oxygen atoms in total. The molecule has 0 fully saturated rings. The van der Waals surface area contributed by atoms with Crippen molar-refractivity contribution in [2.24, 2.45) is 0 Å². The van der Waals surface area contributed by atoms with E-state index in [9.17, 15) is 5.11 Å². The van der Waals surface area contributed by atoms with E-state index >= 15 is 0 Å². The summed E-state index contributed by atoms with van der Waals surface area (Å²) in [5.74, 6) is -0.416. The number of hydrogen-bond donors (Lipinski definition) is 2. The van der Waals surface area contributed by atoms with Crippen LogP contribution in [-0.4, -0.2) is 20.2 Å². The minimum absolute atomic E-state index is 0.199. The lowest BCUT2D eigenvalue weighted by Gasteiger charge is -2.18. The van der Waals surface area contributed by atoms with Gasteiger partial charge in [0.2, 0.25) is 11.8 Å². The van der Waals surface area contributed by atoms with Gasteiger partial charge in [0.25, 0.3) is 0 Å². The van der Waals surface area contributed by atoms with Crippen LogP contribution in [0.4, 0.5) is 0 Å². The van der Waals surface area contributed by atoms with Crippen molar-refractivity contribution < 1.29 is 10.2 Å². The Kier molecular flexibility index (Phi) is 2.15. The molecule has 0 aliphatic carbocycles. The van der Waals surface area contributed by atoms with Crippen molar-refractivity contribution in [1.29, 1.82) is 0 Å². The third-order valence-electron chi connectivity index (χ3n) is 1.74. The molecule has 1 aromatic heterocycles. The van der Waals surface area contributed by atoms with Gasteiger partial charge >= 0.3 is 0 Å². The molecule has 0 atom stereocenters. The van der Waals surface area contributed by atoms with E-state index in [1.54, 1.807) is 6.92 Å². The predicted octanol–water partition coefficient (Wildman–Crippen LogP) is 1.49. The highest BCUT2D eigenvalue weighted by atomic mass is 16.3. The molecule has 4 heteroatoms. The molecule has 72 valence electrons. The third kappa shape index (κ3) is 1.88. The quantitative estimate of drug-likeness (QED) is 0.638. The first-order valence-electron chi connectivity index (χ1n) is 4.09. The van der Waals surface area contributed by atoms with Crippen molar-refractivity contribution in [2.45, 2.75) is 33.1 Å². The molecule has 1 rings (SSSR count). The molecule has 0 unspecified atom stereocenters. The second kappa shape index (κ2) is 2.87. The van der Waals surface area contributed by atoms with Crippen LogP contribution in [-0.2, 0) is 5.41 Å². The highest BCUT2D eigenvalue weighted by Crippen LogP contribution is 2.29. The maximum Gasteiger partial charge on any atom is 0.237 e. The third-order valence-corrected chi connectivity index (χ3v) is 1.74. The maximum absolute atomic E-state index is 9.42. The highest BCUT2D eigenvalue weighted by molar-refractivity contribution is 5.30. The van der Waals surface area contributed by atoms with Gasteiger partial charge in [-0.25, -0.2) is 4.98 Å². The Morgan fingerprint density at radius 1 is 1.00 bits per heavy atom. The van der Waals surface area contributed by atoms with Crippen molar-refractivity contribution >= 4 is 0 Å². The van der Waals surface area contributed by atoms with Gasteiger partial charge in [0.05, 0.1) is 5.69 Å². The van der Waals surface area contributed by atoms with Crippen molar-refractivity contribution in [1.82, 2.24) is 9.97 Å². The Balaban J connectivity index is 3.32. The van der Waals surface area contributed by atoms with Crippen LogP contribution in [0.2, 0.25) is 0 Å². The fraction of sp³-hybridized carbons (Fsp3) is 0.556. The molecule has 0 amide bonds. The smallest absolute Gasteiger partial charge is 0.237 e. The van der Waals surface area contributed by atoms with Gasteiger partial charge < -0.3 is 10.2 Å². The monoisotopic (exact) mass is 182 g/mol. The average Bonchev–Trinajstić information content (AvgIpc) is 1.94. The SMILES string of the molecule is Cc1nc(C(C)(C)C)c(O)nc1O. The summed E-state index contributed by atoms with van der Waals surface area (Å²) in [6.45, 7) is 7.42. The molecule has 13 heavy (non-hydrogen) atoms. The molecule has 0 saturated heterocycles. The Bertz CT molecular complexity index is 329. The topological polar surface area (TPSA) is 66.2 Å². The summed E-state index contributed by atoms with van der Waals surface area (Å²) in [6, 6.07) is 0. The van der Waals surface area contributed by atoms with E-state index in [0.717, 1.165) is 0 Å². The zero-order chi connectivity index (χ0) is 10.2. The molecule has 0 radical (unpaired) electrons. The number of rotatable bonds is 0. The van der Waals surface area contributed by atoms with Crippen molar-refractivity contribution in [3.8, 4) is 11.8 Å². The van der Waals surface area contributed by atoms with Crippen LogP contribution < -0.4 is 0 Å². The number of hydrogen-bond acceptors (Lipinski definition) is 4. The summed E-state index contributed by atoms with van der Waals surface area (Å²) in [5.41, 5.74) is 0.667. The van der Waals surface area contributed by atoms with E-state index in [1.807, 2.05) is 20.8 Å². The first kappa shape index (κ1) is 9.77. The summed E-state index contributed by atoms with van der Waals surface area (Å²) in [7, 11) is 0. The van der Waals surface area contributed by atoms with Crippen molar-refractivity contribution in [2.75, 3.05) is 0 Å². The van der Waals surface area contributed by atoms with Gasteiger partial charge in [0.15, 0.2) is 0 Å². The molecule has 1 heterocycles. The van der Waals surface area contributed by atoms with Gasteiger partial charge in [0.1, 0.15) is 5.69 Å². The number of aromatic nitrogens is 2. The fourth-order valence-corrected chi connectivity index (χ4v) is 1.00. The minimum Gasteiger partial charge on any atom is -0.492 e. The van der Waals surface area contributed by atoms with Gasteiger partial charge in [-0.3, -0.25) is 0 Å². The van der Waals surface area contributed by atoms with Crippen LogP contribution in [0.5, 0.6) is 11.8 Å². The average molecular weight is 182 g/mol. The zero-order valence-electron chi connectivity index (χ0n) is 8.29. The zero-order valence-corrected chi connectivity index (χ0v) is 8.29. The lowest BCUT2D eigenvalue weighted by atomic mass is 9.92. The standard InChI is InChI=1S/C9H14N2O2/c1-5-7(12)11-8(13)6(10-5)9(2,3)4/h1-4H3,(H2,11,12,13). The summed E-state index contributed by atoms with van der Waals surface area (Å²) in [5, 5.41) is 18.6. The van der Waals surface area contributed by atoms with Gasteiger partial charge in [-0.05, 0) is 6.92 Å². The first-order chi connectivity index (χ1) is 5.82. The maximum atomic E-state index is 9.42. The van der Waals surface area contributed by atoms with Gasteiger partial charge in [0, 0.05) is 5.41 Å². The number of nitrogens with zero attached hydrogens (tertiary/aromatic N) is 2. The second-order valence-electron chi connectivity index (χ2n) is 4.05. The molecule has 0 bridgehead atoms. The summed E-state index contributed by atoms with van der Waals surface area (Å²) < 4.78 is 0. The molecule has 2 N–H and O–H groups in total. The lowest BCUT2D eigenvalue weighted by molar-refractivity contribution is 0.384. The van der Waals surface area contributed by atoms with E-state index in [1.165, 1.54) is 0 Å². The van der Waals surface area contributed by atoms with Crippen LogP contribution in [0.25, 0.3) is 0 Å². The van der Waals surface area contributed by atoms with Crippen molar-refractivity contribution in [3.05, 3.63) is 11.4 Å². The van der Waals surface area contributed by atoms with E-state index in [2.05, 4.69) is 9.97 Å². The Hall–Kier alpha value is -1.32. The van der Waals surface area contributed by atoms with E-state index in [4.69, 9.17) is 5.11 Å². The van der Waals surface area contributed by atoms with E-state index in [0.29, 0.717) is 11.4 Å². The van der Waals surface area contributed by atoms with E-state index in [-0.39, 0.29) is 17.2 Å². The van der Waals surface area contributed by atoms with Gasteiger partial charge in [-0.15, -0.1) is 0 Å². The van der Waals surface area contributed by atoms with Crippen LogP contribution in [0.3, 0.4) is 0 Å². The number of aryl methyl sites for hydroxylation is 1. The Morgan fingerprint density at radius 2 is 1.54 bits per heavy atom. The molecule has 0 aliphatic heterocycles. The molecular formula is C9H14N2O2.